The number of hydrogen-bond acceptors (Lipinski definition) is 4. The monoisotopic (exact) mass is 522 g/mol. The molecule has 1 aromatic carbocycles. The van der Waals surface area contributed by atoms with Crippen molar-refractivity contribution in [1.82, 2.24) is 4.90 Å². The molecule has 0 spiro atoms. The van der Waals surface area contributed by atoms with Crippen LogP contribution in [-0.4, -0.2) is 25.3 Å². The van der Waals surface area contributed by atoms with Crippen LogP contribution in [0.15, 0.2) is 132 Å². The van der Waals surface area contributed by atoms with Gasteiger partial charge in [-0.2, -0.15) is 0 Å². The molecule has 1 aliphatic heterocycles. The molecular formula is C35H42N2O2. The minimum Gasteiger partial charge on any atom is -0.491 e. The van der Waals surface area contributed by atoms with Gasteiger partial charge in [0.25, 0.3) is 0 Å². The van der Waals surface area contributed by atoms with Crippen LogP contribution >= 0.6 is 0 Å². The van der Waals surface area contributed by atoms with Crippen molar-refractivity contribution in [2.45, 2.75) is 45.8 Å². The molecule has 1 heterocycles. The summed E-state index contributed by atoms with van der Waals surface area (Å²) in [6.45, 7) is 16.6. The SMILES string of the molecule is C=C/C=C(\C=C/C(C)COC1=C(N=C)C=CCC=C1)/C=C/c1ccc(C2O/C(=C/CCCC)C(=C)N2C)cc1. The van der Waals surface area contributed by atoms with Gasteiger partial charge in [0.2, 0.25) is 0 Å². The van der Waals surface area contributed by atoms with Gasteiger partial charge in [0.1, 0.15) is 17.2 Å². The largest absolute Gasteiger partial charge is 0.491 e. The topological polar surface area (TPSA) is 34.1 Å². The molecule has 0 radical (unpaired) electrons. The zero-order chi connectivity index (χ0) is 28.0. The summed E-state index contributed by atoms with van der Waals surface area (Å²) in [6, 6.07) is 8.47. The van der Waals surface area contributed by atoms with Crippen LogP contribution in [0.25, 0.3) is 6.08 Å². The van der Waals surface area contributed by atoms with E-state index in [2.05, 4.69) is 104 Å². The number of aliphatic imine (C=N–C) groups is 1. The Hall–Kier alpha value is -4.05. The maximum absolute atomic E-state index is 6.23. The summed E-state index contributed by atoms with van der Waals surface area (Å²) >= 11 is 0. The summed E-state index contributed by atoms with van der Waals surface area (Å²) < 4.78 is 12.3. The standard InChI is InChI=1S/C35H42N2O2/c1-7-9-11-16-33-28(4)37(6)35(39-33)31-24-22-30(23-25-31)21-20-29(14-8-2)19-18-27(3)26-38-34-17-13-10-12-15-32(34)36-5/h8,12-25,27,35H,2,4-5,7,9-11,26H2,1,3,6H3/b19-18-,21-20+,29-14+,33-16+. The number of ether oxygens (including phenoxy) is 2. The average molecular weight is 523 g/mol. The second-order valence-corrected chi connectivity index (χ2v) is 9.74. The van der Waals surface area contributed by atoms with Crippen molar-refractivity contribution < 1.29 is 9.47 Å². The molecule has 0 amide bonds. The van der Waals surface area contributed by atoms with E-state index in [9.17, 15) is 0 Å². The van der Waals surface area contributed by atoms with Crippen molar-refractivity contribution in [3.8, 4) is 0 Å². The fraction of sp³-hybridized carbons (Fsp3) is 0.286. The first kappa shape index (κ1) is 29.5. The van der Waals surface area contributed by atoms with E-state index in [1.54, 1.807) is 6.08 Å². The first-order chi connectivity index (χ1) is 19.0. The van der Waals surface area contributed by atoms with E-state index in [1.807, 2.05) is 31.4 Å². The first-order valence-corrected chi connectivity index (χ1v) is 13.7. The quantitative estimate of drug-likeness (QED) is 0.147. The Morgan fingerprint density at radius 1 is 1.21 bits per heavy atom. The Balaban J connectivity index is 1.60. The smallest absolute Gasteiger partial charge is 0.198 e. The summed E-state index contributed by atoms with van der Waals surface area (Å²) in [6.07, 6.45) is 26.5. The number of nitrogens with zero attached hydrogens (tertiary/aromatic N) is 2. The van der Waals surface area contributed by atoms with Crippen LogP contribution < -0.4 is 0 Å². The molecule has 0 bridgehead atoms. The van der Waals surface area contributed by atoms with Gasteiger partial charge in [0, 0.05) is 18.5 Å². The zero-order valence-electron chi connectivity index (χ0n) is 23.7. The predicted molar refractivity (Wildman–Crippen MR) is 166 cm³/mol. The molecule has 2 aliphatic rings. The van der Waals surface area contributed by atoms with E-state index < -0.39 is 0 Å². The summed E-state index contributed by atoms with van der Waals surface area (Å²) in [5.41, 5.74) is 4.97. The Morgan fingerprint density at radius 2 is 1.97 bits per heavy atom. The summed E-state index contributed by atoms with van der Waals surface area (Å²) in [5.74, 6) is 1.86. The Labute approximate surface area is 235 Å². The molecule has 4 nitrogen and oxygen atoms in total. The molecule has 3 rings (SSSR count). The van der Waals surface area contributed by atoms with Crippen molar-refractivity contribution in [1.29, 1.82) is 0 Å². The third kappa shape index (κ3) is 8.75. The van der Waals surface area contributed by atoms with Gasteiger partial charge in [-0.15, -0.1) is 0 Å². The minimum atomic E-state index is -0.148. The number of rotatable bonds is 13. The van der Waals surface area contributed by atoms with Crippen molar-refractivity contribution >= 4 is 12.8 Å². The highest BCUT2D eigenvalue weighted by Gasteiger charge is 2.30. The zero-order valence-corrected chi connectivity index (χ0v) is 23.7. The second-order valence-electron chi connectivity index (χ2n) is 9.74. The Bertz CT molecular complexity index is 1220. The van der Waals surface area contributed by atoms with Gasteiger partial charge in [-0.25, -0.2) is 0 Å². The second kappa shape index (κ2) is 15.4. The average Bonchev–Trinajstić information content (AvgIpc) is 3.10. The van der Waals surface area contributed by atoms with E-state index in [1.165, 1.54) is 6.42 Å². The van der Waals surface area contributed by atoms with E-state index >= 15 is 0 Å². The molecule has 0 N–H and O–H groups in total. The van der Waals surface area contributed by atoms with Crippen molar-refractivity contribution in [2.75, 3.05) is 13.7 Å². The Kier molecular flexibility index (Phi) is 11.6. The third-order valence-corrected chi connectivity index (χ3v) is 6.55. The molecule has 4 heteroatoms. The van der Waals surface area contributed by atoms with Crippen LogP contribution in [0, 0.1) is 5.92 Å². The molecule has 1 aliphatic carbocycles. The van der Waals surface area contributed by atoms with Gasteiger partial charge in [-0.1, -0.05) is 106 Å². The van der Waals surface area contributed by atoms with Crippen LogP contribution in [0.3, 0.4) is 0 Å². The molecule has 0 saturated carbocycles. The molecule has 39 heavy (non-hydrogen) atoms. The number of benzene rings is 1. The van der Waals surface area contributed by atoms with Gasteiger partial charge < -0.3 is 14.4 Å². The van der Waals surface area contributed by atoms with Gasteiger partial charge in [-0.05, 0) is 55.3 Å². The summed E-state index contributed by atoms with van der Waals surface area (Å²) in [5, 5.41) is 0. The fourth-order valence-corrected chi connectivity index (χ4v) is 4.15. The normalized spacial score (nSPS) is 19.7. The molecule has 0 aromatic heterocycles. The summed E-state index contributed by atoms with van der Waals surface area (Å²) in [7, 11) is 2.03. The molecule has 1 aromatic rings. The molecule has 1 fully saturated rings. The number of hydrogen-bond donors (Lipinski definition) is 0. The van der Waals surface area contributed by atoms with Gasteiger partial charge in [0.15, 0.2) is 6.23 Å². The number of allylic oxidation sites excluding steroid dienone is 10. The maximum atomic E-state index is 6.23. The van der Waals surface area contributed by atoms with Crippen molar-refractivity contribution in [3.05, 3.63) is 138 Å². The van der Waals surface area contributed by atoms with E-state index in [4.69, 9.17) is 9.47 Å². The lowest BCUT2D eigenvalue weighted by atomic mass is 10.1. The van der Waals surface area contributed by atoms with Crippen LogP contribution in [0.1, 0.15) is 56.9 Å². The molecule has 204 valence electrons. The lowest BCUT2D eigenvalue weighted by molar-refractivity contribution is 0.0747. The highest BCUT2D eigenvalue weighted by molar-refractivity contribution is 5.55. The van der Waals surface area contributed by atoms with Crippen molar-refractivity contribution in [2.24, 2.45) is 10.9 Å². The van der Waals surface area contributed by atoms with Gasteiger partial charge >= 0.3 is 0 Å². The van der Waals surface area contributed by atoms with E-state index in [0.717, 1.165) is 58.9 Å². The molecule has 2 unspecified atom stereocenters. The fourth-order valence-electron chi connectivity index (χ4n) is 4.15. The van der Waals surface area contributed by atoms with Gasteiger partial charge in [-0.3, -0.25) is 4.99 Å². The lowest BCUT2D eigenvalue weighted by Gasteiger charge is -2.19. The maximum Gasteiger partial charge on any atom is 0.198 e. The van der Waals surface area contributed by atoms with Crippen LogP contribution in [0.2, 0.25) is 0 Å². The van der Waals surface area contributed by atoms with Gasteiger partial charge in [0.05, 0.1) is 12.3 Å². The first-order valence-electron chi connectivity index (χ1n) is 13.7. The predicted octanol–water partition coefficient (Wildman–Crippen LogP) is 9.00. The molecule has 2 atom stereocenters. The highest BCUT2D eigenvalue weighted by atomic mass is 16.5. The van der Waals surface area contributed by atoms with Crippen LogP contribution in [0.5, 0.6) is 0 Å². The lowest BCUT2D eigenvalue weighted by Crippen LogP contribution is -2.16. The third-order valence-electron chi connectivity index (χ3n) is 6.55. The number of unbranched alkanes of at least 4 members (excludes halogenated alkanes) is 2. The van der Waals surface area contributed by atoms with E-state index in [0.29, 0.717) is 6.61 Å². The van der Waals surface area contributed by atoms with Crippen LogP contribution in [0.4, 0.5) is 0 Å². The molecule has 1 saturated heterocycles. The highest BCUT2D eigenvalue weighted by Crippen LogP contribution is 2.37. The van der Waals surface area contributed by atoms with Crippen LogP contribution in [-0.2, 0) is 9.47 Å². The molecular weight excluding hydrogens is 480 g/mol. The summed E-state index contributed by atoms with van der Waals surface area (Å²) in [4.78, 5) is 6.17. The minimum absolute atomic E-state index is 0.148. The van der Waals surface area contributed by atoms with E-state index in [-0.39, 0.29) is 12.1 Å². The number of likely N-dealkylation sites (N-methyl/N-ethyl adjacent to an activating group) is 1. The van der Waals surface area contributed by atoms with Crippen molar-refractivity contribution in [3.63, 3.8) is 0 Å². The Morgan fingerprint density at radius 3 is 2.69 bits per heavy atom.